The highest BCUT2D eigenvalue weighted by Gasteiger charge is 2.22. The average Bonchev–Trinajstić information content (AvgIpc) is 2.64. The zero-order valence-corrected chi connectivity index (χ0v) is 9.54. The lowest BCUT2D eigenvalue weighted by molar-refractivity contribution is 0.207. The van der Waals surface area contributed by atoms with Gasteiger partial charge in [0.15, 0.2) is 4.67 Å². The van der Waals surface area contributed by atoms with Gasteiger partial charge in [0.1, 0.15) is 17.7 Å². The number of benzene rings is 1. The lowest BCUT2D eigenvalue weighted by atomic mass is 10.0. The van der Waals surface area contributed by atoms with Crippen LogP contribution in [0.3, 0.4) is 0 Å². The van der Waals surface area contributed by atoms with Crippen molar-refractivity contribution in [3.63, 3.8) is 0 Å². The van der Waals surface area contributed by atoms with Crippen LogP contribution in [-0.4, -0.2) is 5.11 Å². The zero-order valence-electron chi connectivity index (χ0n) is 7.95. The summed E-state index contributed by atoms with van der Waals surface area (Å²) in [6.45, 7) is 0. The van der Waals surface area contributed by atoms with Crippen LogP contribution in [0.15, 0.2) is 39.6 Å². The van der Waals surface area contributed by atoms with Gasteiger partial charge in [0.05, 0.1) is 11.8 Å². The maximum Gasteiger partial charge on any atom is 0.175 e. The lowest BCUT2D eigenvalue weighted by Crippen LogP contribution is -2.05. The molecule has 0 aliphatic rings. The first-order chi connectivity index (χ1) is 7.61. The minimum absolute atomic E-state index is 0.252. The topological polar surface area (TPSA) is 33.4 Å². The molecule has 0 fully saturated rings. The molecule has 0 amide bonds. The van der Waals surface area contributed by atoms with E-state index < -0.39 is 17.7 Å². The van der Waals surface area contributed by atoms with Crippen LogP contribution in [0, 0.1) is 11.6 Å². The Morgan fingerprint density at radius 1 is 1.19 bits per heavy atom. The third kappa shape index (κ3) is 1.88. The first-order valence-electron chi connectivity index (χ1n) is 4.46. The summed E-state index contributed by atoms with van der Waals surface area (Å²) in [5, 5.41) is 9.85. The summed E-state index contributed by atoms with van der Waals surface area (Å²) in [5.41, 5.74) is -0.103. The van der Waals surface area contributed by atoms with E-state index in [9.17, 15) is 13.9 Å². The molecule has 0 radical (unpaired) electrons. The Hall–Kier alpha value is -1.20. The molecule has 0 bridgehead atoms. The quantitative estimate of drug-likeness (QED) is 0.919. The Morgan fingerprint density at radius 2 is 1.81 bits per heavy atom. The van der Waals surface area contributed by atoms with E-state index in [2.05, 4.69) is 15.9 Å². The molecule has 0 aliphatic heterocycles. The number of hydrogen-bond acceptors (Lipinski definition) is 2. The van der Waals surface area contributed by atoms with Crippen LogP contribution >= 0.6 is 15.9 Å². The second kappa shape index (κ2) is 4.35. The monoisotopic (exact) mass is 288 g/mol. The first kappa shape index (κ1) is 11.3. The second-order valence-electron chi connectivity index (χ2n) is 3.19. The number of furan rings is 1. The summed E-state index contributed by atoms with van der Waals surface area (Å²) in [5.74, 6) is -1.58. The minimum atomic E-state index is -1.39. The summed E-state index contributed by atoms with van der Waals surface area (Å²) in [6, 6.07) is 4.87. The fourth-order valence-corrected chi connectivity index (χ4v) is 1.88. The normalized spacial score (nSPS) is 12.8. The van der Waals surface area contributed by atoms with Crippen molar-refractivity contribution < 1.29 is 18.3 Å². The molecule has 2 rings (SSSR count). The van der Waals surface area contributed by atoms with Gasteiger partial charge in [0.2, 0.25) is 0 Å². The van der Waals surface area contributed by atoms with Gasteiger partial charge in [0.25, 0.3) is 0 Å². The number of rotatable bonds is 2. The molecule has 1 aromatic carbocycles. The fourth-order valence-electron chi connectivity index (χ4n) is 1.43. The van der Waals surface area contributed by atoms with Gasteiger partial charge in [-0.25, -0.2) is 8.78 Å². The second-order valence-corrected chi connectivity index (χ2v) is 3.91. The SMILES string of the molecule is OC(c1ccoc1Br)c1c(F)cccc1F. The predicted octanol–water partition coefficient (Wildman–Crippen LogP) is 3.40. The highest BCUT2D eigenvalue weighted by molar-refractivity contribution is 9.10. The van der Waals surface area contributed by atoms with E-state index >= 15 is 0 Å². The van der Waals surface area contributed by atoms with Crippen molar-refractivity contribution in [3.8, 4) is 0 Å². The summed E-state index contributed by atoms with van der Waals surface area (Å²) >= 11 is 3.04. The Labute approximate surface area is 98.6 Å². The average molecular weight is 289 g/mol. The standard InChI is InChI=1S/C11H7BrF2O2/c12-11-6(4-5-16-11)10(15)9-7(13)2-1-3-8(9)14/h1-5,10,15H. The first-order valence-corrected chi connectivity index (χ1v) is 5.25. The summed E-state index contributed by atoms with van der Waals surface area (Å²) < 4.78 is 31.9. The molecule has 0 aliphatic carbocycles. The summed E-state index contributed by atoms with van der Waals surface area (Å²) in [6.07, 6.45) is -0.0733. The number of aliphatic hydroxyl groups excluding tert-OH is 1. The Morgan fingerprint density at radius 3 is 2.31 bits per heavy atom. The third-order valence-corrected chi connectivity index (χ3v) is 2.86. The van der Waals surface area contributed by atoms with Crippen molar-refractivity contribution in [2.75, 3.05) is 0 Å². The molecule has 0 saturated heterocycles. The lowest BCUT2D eigenvalue weighted by Gasteiger charge is -2.11. The summed E-state index contributed by atoms with van der Waals surface area (Å²) in [4.78, 5) is 0. The largest absolute Gasteiger partial charge is 0.457 e. The van der Waals surface area contributed by atoms with Gasteiger partial charge >= 0.3 is 0 Å². The van der Waals surface area contributed by atoms with Crippen molar-refractivity contribution in [2.45, 2.75) is 6.10 Å². The molecule has 2 aromatic rings. The van der Waals surface area contributed by atoms with Crippen LogP contribution in [0.1, 0.15) is 17.2 Å². The Balaban J connectivity index is 2.49. The van der Waals surface area contributed by atoms with Crippen LogP contribution in [0.25, 0.3) is 0 Å². The zero-order chi connectivity index (χ0) is 11.7. The van der Waals surface area contributed by atoms with E-state index in [0.29, 0.717) is 0 Å². The van der Waals surface area contributed by atoms with Crippen LogP contribution in [0.5, 0.6) is 0 Å². The molecule has 1 N–H and O–H groups in total. The molecule has 16 heavy (non-hydrogen) atoms. The van der Waals surface area contributed by atoms with E-state index in [0.717, 1.165) is 12.1 Å². The van der Waals surface area contributed by atoms with Crippen molar-refractivity contribution in [3.05, 3.63) is 58.0 Å². The van der Waals surface area contributed by atoms with Gasteiger partial charge in [-0.15, -0.1) is 0 Å². The Kier molecular flexibility index (Phi) is 3.07. The molecule has 1 unspecified atom stereocenters. The number of hydrogen-bond donors (Lipinski definition) is 1. The van der Waals surface area contributed by atoms with E-state index in [-0.39, 0.29) is 15.8 Å². The Bertz CT molecular complexity index is 490. The maximum atomic E-state index is 13.4. The van der Waals surface area contributed by atoms with E-state index in [1.54, 1.807) is 0 Å². The van der Waals surface area contributed by atoms with Crippen molar-refractivity contribution in [1.82, 2.24) is 0 Å². The van der Waals surface area contributed by atoms with Crippen molar-refractivity contribution >= 4 is 15.9 Å². The molecular weight excluding hydrogens is 282 g/mol. The van der Waals surface area contributed by atoms with Crippen LogP contribution < -0.4 is 0 Å². The molecule has 5 heteroatoms. The maximum absolute atomic E-state index is 13.4. The van der Waals surface area contributed by atoms with Gasteiger partial charge in [-0.05, 0) is 34.1 Å². The molecule has 1 atom stereocenters. The summed E-state index contributed by atoms with van der Waals surface area (Å²) in [7, 11) is 0. The van der Waals surface area contributed by atoms with E-state index in [1.165, 1.54) is 18.4 Å². The number of aliphatic hydroxyl groups is 1. The smallest absolute Gasteiger partial charge is 0.175 e. The number of halogens is 3. The minimum Gasteiger partial charge on any atom is -0.457 e. The highest BCUT2D eigenvalue weighted by Crippen LogP contribution is 2.31. The third-order valence-electron chi connectivity index (χ3n) is 2.21. The molecule has 1 heterocycles. The molecule has 0 spiro atoms. The van der Waals surface area contributed by atoms with Crippen LogP contribution in [0.2, 0.25) is 0 Å². The van der Waals surface area contributed by atoms with E-state index in [4.69, 9.17) is 4.42 Å². The van der Waals surface area contributed by atoms with Crippen LogP contribution in [-0.2, 0) is 0 Å². The molecule has 0 saturated carbocycles. The highest BCUT2D eigenvalue weighted by atomic mass is 79.9. The van der Waals surface area contributed by atoms with Gasteiger partial charge in [-0.1, -0.05) is 6.07 Å². The van der Waals surface area contributed by atoms with E-state index in [1.807, 2.05) is 0 Å². The van der Waals surface area contributed by atoms with Crippen LogP contribution in [0.4, 0.5) is 8.78 Å². The predicted molar refractivity (Wildman–Crippen MR) is 56.8 cm³/mol. The molecular formula is C11H7BrF2O2. The van der Waals surface area contributed by atoms with Crippen molar-refractivity contribution in [1.29, 1.82) is 0 Å². The molecule has 84 valence electrons. The van der Waals surface area contributed by atoms with Gasteiger partial charge in [-0.2, -0.15) is 0 Å². The van der Waals surface area contributed by atoms with Gasteiger partial charge in [-0.3, -0.25) is 0 Å². The van der Waals surface area contributed by atoms with Gasteiger partial charge in [0, 0.05) is 5.56 Å². The molecule has 1 aromatic heterocycles. The van der Waals surface area contributed by atoms with Crippen molar-refractivity contribution in [2.24, 2.45) is 0 Å². The fraction of sp³-hybridized carbons (Fsp3) is 0.0909. The molecule has 2 nitrogen and oxygen atoms in total. The van der Waals surface area contributed by atoms with Gasteiger partial charge < -0.3 is 9.52 Å².